The van der Waals surface area contributed by atoms with Crippen LogP contribution in [0.15, 0.2) is 59.6 Å². The maximum Gasteiger partial charge on any atom is 0.178 e. The molecule has 1 unspecified atom stereocenters. The van der Waals surface area contributed by atoms with Gasteiger partial charge in [-0.15, -0.1) is 0 Å². The lowest BCUT2D eigenvalue weighted by molar-refractivity contribution is 0.0920. The smallest absolute Gasteiger partial charge is 0.178 e. The maximum absolute atomic E-state index is 11.7. The van der Waals surface area contributed by atoms with Crippen molar-refractivity contribution < 1.29 is 22.6 Å². The van der Waals surface area contributed by atoms with E-state index in [9.17, 15) is 8.42 Å². The number of aromatic nitrogens is 3. The Hall–Kier alpha value is -3.14. The number of imidazole rings is 1. The first-order valence-corrected chi connectivity index (χ1v) is 12.3. The number of fused-ring (bicyclic) bond motifs is 1. The van der Waals surface area contributed by atoms with Crippen LogP contribution in [0.1, 0.15) is 6.92 Å². The molecule has 2 heterocycles. The highest BCUT2D eigenvalue weighted by molar-refractivity contribution is 7.90. The maximum atomic E-state index is 11.7. The summed E-state index contributed by atoms with van der Waals surface area (Å²) in [7, 11) is -1.68. The molecule has 0 spiro atoms. The molecule has 1 atom stereocenters. The Morgan fingerprint density at radius 1 is 1.06 bits per heavy atom. The average Bonchev–Trinajstić information content (AvgIpc) is 3.17. The molecule has 0 amide bonds. The fraction of sp³-hybridized carbons (Fsp3) is 0.217. The molecule has 0 saturated heterocycles. The van der Waals surface area contributed by atoms with E-state index in [1.54, 1.807) is 37.4 Å². The number of ether oxygens (including phenoxy) is 3. The molecule has 1 N–H and O–H groups in total. The quantitative estimate of drug-likeness (QED) is 0.377. The number of nitrogens with one attached hydrogen (secondary N) is 1. The zero-order chi connectivity index (χ0) is 23.6. The van der Waals surface area contributed by atoms with E-state index in [1.807, 2.05) is 13.0 Å². The SMILES string of the molecule is COCC(C)Oc1cc(Oc2ccc(S(C)(=O)=O)cc2)cc(-c2nc3ncc(Cl)cc3[nH]2)c1. The summed E-state index contributed by atoms with van der Waals surface area (Å²) in [6.07, 6.45) is 2.50. The van der Waals surface area contributed by atoms with E-state index in [4.69, 9.17) is 25.8 Å². The first-order valence-electron chi connectivity index (χ1n) is 10.0. The second-order valence-corrected chi connectivity index (χ2v) is 9.98. The lowest BCUT2D eigenvalue weighted by Crippen LogP contribution is -2.17. The first-order chi connectivity index (χ1) is 15.7. The third-order valence-electron chi connectivity index (χ3n) is 4.68. The number of rotatable bonds is 8. The van der Waals surface area contributed by atoms with Gasteiger partial charge in [-0.25, -0.2) is 18.4 Å². The standard InChI is InChI=1S/C23H22ClN3O5S/c1-14(13-30-2)31-18-8-15(22-26-21-10-16(24)12-25-23(21)27-22)9-19(11-18)32-17-4-6-20(7-5-17)33(3,28)29/h4-12,14H,13H2,1-3H3,(H,25,26,27). The van der Waals surface area contributed by atoms with Crippen molar-refractivity contribution in [3.63, 3.8) is 0 Å². The summed E-state index contributed by atoms with van der Waals surface area (Å²) in [5, 5.41) is 0.504. The van der Waals surface area contributed by atoms with Gasteiger partial charge in [0.05, 0.1) is 22.0 Å². The highest BCUT2D eigenvalue weighted by Crippen LogP contribution is 2.33. The number of H-pyrrole nitrogens is 1. The number of hydrogen-bond acceptors (Lipinski definition) is 7. The van der Waals surface area contributed by atoms with Crippen LogP contribution in [0.4, 0.5) is 0 Å². The van der Waals surface area contributed by atoms with Crippen LogP contribution in [0.2, 0.25) is 5.02 Å². The number of methoxy groups -OCH3 is 1. The van der Waals surface area contributed by atoms with Crippen LogP contribution in [0.3, 0.4) is 0 Å². The topological polar surface area (TPSA) is 103 Å². The number of nitrogens with zero attached hydrogens (tertiary/aromatic N) is 2. The van der Waals surface area contributed by atoms with Gasteiger partial charge in [0.2, 0.25) is 0 Å². The Bertz CT molecular complexity index is 1390. The Morgan fingerprint density at radius 2 is 1.79 bits per heavy atom. The minimum atomic E-state index is -3.29. The highest BCUT2D eigenvalue weighted by atomic mass is 35.5. The molecule has 10 heteroatoms. The summed E-state index contributed by atoms with van der Waals surface area (Å²) in [6, 6.07) is 13.3. The Morgan fingerprint density at radius 3 is 2.48 bits per heavy atom. The zero-order valence-corrected chi connectivity index (χ0v) is 19.8. The normalized spacial score (nSPS) is 12.6. The molecule has 0 radical (unpaired) electrons. The number of benzene rings is 2. The van der Waals surface area contributed by atoms with Crippen molar-refractivity contribution in [2.24, 2.45) is 0 Å². The van der Waals surface area contributed by atoms with Crippen LogP contribution in [0.25, 0.3) is 22.6 Å². The highest BCUT2D eigenvalue weighted by Gasteiger charge is 2.14. The van der Waals surface area contributed by atoms with Crippen LogP contribution < -0.4 is 9.47 Å². The molecule has 0 aliphatic carbocycles. The molecule has 0 aliphatic heterocycles. The largest absolute Gasteiger partial charge is 0.488 e. The second-order valence-electron chi connectivity index (χ2n) is 7.53. The third-order valence-corrected chi connectivity index (χ3v) is 6.02. The third kappa shape index (κ3) is 5.62. The molecule has 0 bridgehead atoms. The monoisotopic (exact) mass is 487 g/mol. The predicted octanol–water partition coefficient (Wildman–Crippen LogP) is 4.89. The Labute approximate surface area is 196 Å². The molecule has 172 valence electrons. The summed E-state index contributed by atoms with van der Waals surface area (Å²) in [5.41, 5.74) is 1.96. The van der Waals surface area contributed by atoms with Crippen LogP contribution in [0, 0.1) is 0 Å². The van der Waals surface area contributed by atoms with Crippen LogP contribution in [-0.2, 0) is 14.6 Å². The fourth-order valence-electron chi connectivity index (χ4n) is 3.24. The number of hydrogen-bond donors (Lipinski definition) is 1. The van der Waals surface area contributed by atoms with Gasteiger partial charge in [-0.3, -0.25) is 0 Å². The van der Waals surface area contributed by atoms with Gasteiger partial charge >= 0.3 is 0 Å². The van der Waals surface area contributed by atoms with E-state index in [2.05, 4.69) is 15.0 Å². The van der Waals surface area contributed by atoms with Crippen molar-refractivity contribution >= 4 is 32.6 Å². The minimum absolute atomic E-state index is 0.191. The molecular weight excluding hydrogens is 466 g/mol. The molecule has 0 fully saturated rings. The summed E-state index contributed by atoms with van der Waals surface area (Å²) in [4.78, 5) is 12.2. The van der Waals surface area contributed by atoms with Crippen molar-refractivity contribution in [3.05, 3.63) is 59.8 Å². The summed E-state index contributed by atoms with van der Waals surface area (Å²) in [5.74, 6) is 2.10. The van der Waals surface area contributed by atoms with Crippen LogP contribution >= 0.6 is 11.6 Å². The first kappa shape index (κ1) is 23.0. The molecular formula is C23H22ClN3O5S. The van der Waals surface area contributed by atoms with Gasteiger partial charge in [-0.1, -0.05) is 11.6 Å². The summed E-state index contributed by atoms with van der Waals surface area (Å²) < 4.78 is 40.6. The van der Waals surface area contributed by atoms with Gasteiger partial charge in [0.25, 0.3) is 0 Å². The van der Waals surface area contributed by atoms with Crippen molar-refractivity contribution in [1.29, 1.82) is 0 Å². The van der Waals surface area contributed by atoms with Crippen molar-refractivity contribution in [1.82, 2.24) is 15.0 Å². The minimum Gasteiger partial charge on any atom is -0.488 e. The van der Waals surface area contributed by atoms with Crippen molar-refractivity contribution in [2.45, 2.75) is 17.9 Å². The van der Waals surface area contributed by atoms with E-state index in [1.165, 1.54) is 18.3 Å². The molecule has 33 heavy (non-hydrogen) atoms. The van der Waals surface area contributed by atoms with Crippen molar-refractivity contribution in [3.8, 4) is 28.6 Å². The van der Waals surface area contributed by atoms with Gasteiger partial charge in [-0.05, 0) is 49.4 Å². The van der Waals surface area contributed by atoms with E-state index in [0.29, 0.717) is 51.4 Å². The molecule has 0 aliphatic rings. The van der Waals surface area contributed by atoms with E-state index in [0.717, 1.165) is 6.26 Å². The average molecular weight is 488 g/mol. The van der Waals surface area contributed by atoms with Gasteiger partial charge in [-0.2, -0.15) is 0 Å². The van der Waals surface area contributed by atoms with Crippen LogP contribution in [-0.4, -0.2) is 49.4 Å². The van der Waals surface area contributed by atoms with Gasteiger partial charge in [0.15, 0.2) is 15.5 Å². The second kappa shape index (κ2) is 9.38. The fourth-order valence-corrected chi connectivity index (χ4v) is 4.03. The number of sulfone groups is 1. The molecule has 4 rings (SSSR count). The predicted molar refractivity (Wildman–Crippen MR) is 126 cm³/mol. The van der Waals surface area contributed by atoms with E-state index in [-0.39, 0.29) is 11.0 Å². The van der Waals surface area contributed by atoms with Gasteiger partial charge in [0.1, 0.15) is 29.2 Å². The molecule has 0 saturated carbocycles. The van der Waals surface area contributed by atoms with Gasteiger partial charge < -0.3 is 19.2 Å². The molecule has 2 aromatic carbocycles. The van der Waals surface area contributed by atoms with Crippen LogP contribution in [0.5, 0.6) is 17.2 Å². The number of aromatic amines is 1. The van der Waals surface area contributed by atoms with E-state index >= 15 is 0 Å². The zero-order valence-electron chi connectivity index (χ0n) is 18.2. The lowest BCUT2D eigenvalue weighted by atomic mass is 10.2. The number of pyridine rings is 1. The summed E-state index contributed by atoms with van der Waals surface area (Å²) >= 11 is 6.04. The molecule has 8 nitrogen and oxygen atoms in total. The lowest BCUT2D eigenvalue weighted by Gasteiger charge is -2.16. The Kier molecular flexibility index (Phi) is 6.55. The molecule has 2 aromatic heterocycles. The summed E-state index contributed by atoms with van der Waals surface area (Å²) in [6.45, 7) is 2.31. The van der Waals surface area contributed by atoms with Gasteiger partial charge in [0, 0.05) is 31.2 Å². The number of halogens is 1. The Balaban J connectivity index is 1.70. The molecule has 4 aromatic rings. The van der Waals surface area contributed by atoms with Crippen molar-refractivity contribution in [2.75, 3.05) is 20.0 Å². The van der Waals surface area contributed by atoms with E-state index < -0.39 is 9.84 Å².